The standard InChI is InChI=1S/C21H26N2O/c1-3-23(4-2)18-14-12-17(13-15-18)21(24)22-20-11-7-9-16-8-5-6-10-19(16)20/h5-6,8,10,12-15,20H,3-4,7,9,11H2,1-2H3,(H,22,24)/t20-/m0/s1. The first-order chi connectivity index (χ1) is 11.7. The number of nitrogens with one attached hydrogen (secondary N) is 1. The Morgan fingerprint density at radius 2 is 1.79 bits per heavy atom. The van der Waals surface area contributed by atoms with Gasteiger partial charge in [-0.15, -0.1) is 0 Å². The van der Waals surface area contributed by atoms with Crippen molar-refractivity contribution in [3.63, 3.8) is 0 Å². The normalized spacial score (nSPS) is 16.3. The van der Waals surface area contributed by atoms with Gasteiger partial charge in [-0.2, -0.15) is 0 Å². The molecule has 0 bridgehead atoms. The van der Waals surface area contributed by atoms with E-state index in [1.807, 2.05) is 24.3 Å². The summed E-state index contributed by atoms with van der Waals surface area (Å²) in [5.74, 6) is 0.0165. The van der Waals surface area contributed by atoms with Crippen LogP contribution in [0.3, 0.4) is 0 Å². The van der Waals surface area contributed by atoms with Crippen molar-refractivity contribution < 1.29 is 4.79 Å². The summed E-state index contributed by atoms with van der Waals surface area (Å²) < 4.78 is 0. The highest BCUT2D eigenvalue weighted by molar-refractivity contribution is 5.94. The molecule has 3 rings (SSSR count). The molecule has 126 valence electrons. The number of nitrogens with zero attached hydrogens (tertiary/aromatic N) is 1. The molecule has 2 aromatic carbocycles. The molecule has 0 saturated heterocycles. The maximum atomic E-state index is 12.6. The number of hydrogen-bond donors (Lipinski definition) is 1. The van der Waals surface area contributed by atoms with Crippen LogP contribution >= 0.6 is 0 Å². The number of hydrogen-bond acceptors (Lipinski definition) is 2. The van der Waals surface area contributed by atoms with E-state index in [0.29, 0.717) is 0 Å². The van der Waals surface area contributed by atoms with Crippen LogP contribution in [0, 0.1) is 0 Å². The molecule has 0 spiro atoms. The van der Waals surface area contributed by atoms with E-state index >= 15 is 0 Å². The molecule has 0 saturated carbocycles. The van der Waals surface area contributed by atoms with Gasteiger partial charge in [0.15, 0.2) is 0 Å². The van der Waals surface area contributed by atoms with Gasteiger partial charge in [-0.25, -0.2) is 0 Å². The molecule has 24 heavy (non-hydrogen) atoms. The van der Waals surface area contributed by atoms with E-state index in [1.54, 1.807) is 0 Å². The van der Waals surface area contributed by atoms with Crippen LogP contribution in [0.25, 0.3) is 0 Å². The first-order valence-electron chi connectivity index (χ1n) is 8.96. The fourth-order valence-corrected chi connectivity index (χ4v) is 3.56. The summed E-state index contributed by atoms with van der Waals surface area (Å²) in [6, 6.07) is 16.5. The lowest BCUT2D eigenvalue weighted by Crippen LogP contribution is -2.31. The van der Waals surface area contributed by atoms with Crippen molar-refractivity contribution in [2.75, 3.05) is 18.0 Å². The molecule has 3 heteroatoms. The van der Waals surface area contributed by atoms with Crippen molar-refractivity contribution in [2.24, 2.45) is 0 Å². The minimum absolute atomic E-state index is 0.0165. The average molecular weight is 322 g/mol. The van der Waals surface area contributed by atoms with E-state index in [-0.39, 0.29) is 11.9 Å². The topological polar surface area (TPSA) is 32.3 Å². The van der Waals surface area contributed by atoms with Gasteiger partial charge < -0.3 is 10.2 Å². The molecule has 0 aromatic heterocycles. The Balaban J connectivity index is 1.72. The first kappa shape index (κ1) is 16.6. The van der Waals surface area contributed by atoms with E-state index < -0.39 is 0 Å². The predicted octanol–water partition coefficient (Wildman–Crippen LogP) is 4.34. The van der Waals surface area contributed by atoms with Crippen molar-refractivity contribution in [1.82, 2.24) is 5.32 Å². The minimum Gasteiger partial charge on any atom is -0.372 e. The third-order valence-electron chi connectivity index (χ3n) is 4.93. The van der Waals surface area contributed by atoms with Gasteiger partial charge in [-0.3, -0.25) is 4.79 Å². The summed E-state index contributed by atoms with van der Waals surface area (Å²) in [6.45, 7) is 6.23. The number of carbonyl (C=O) groups excluding carboxylic acids is 1. The Morgan fingerprint density at radius 3 is 2.50 bits per heavy atom. The van der Waals surface area contributed by atoms with Gasteiger partial charge in [0.2, 0.25) is 0 Å². The lowest BCUT2D eigenvalue weighted by Gasteiger charge is -2.26. The average Bonchev–Trinajstić information content (AvgIpc) is 2.63. The van der Waals surface area contributed by atoms with Crippen molar-refractivity contribution in [2.45, 2.75) is 39.2 Å². The van der Waals surface area contributed by atoms with Crippen LogP contribution in [0.2, 0.25) is 0 Å². The van der Waals surface area contributed by atoms with Gasteiger partial charge in [-0.05, 0) is 68.5 Å². The van der Waals surface area contributed by atoms with Crippen LogP contribution in [0.4, 0.5) is 5.69 Å². The zero-order chi connectivity index (χ0) is 16.9. The maximum Gasteiger partial charge on any atom is 0.251 e. The summed E-state index contributed by atoms with van der Waals surface area (Å²) in [6.07, 6.45) is 3.25. The third kappa shape index (κ3) is 3.45. The van der Waals surface area contributed by atoms with Gasteiger partial charge in [0.05, 0.1) is 6.04 Å². The van der Waals surface area contributed by atoms with Crippen LogP contribution in [0.15, 0.2) is 48.5 Å². The fourth-order valence-electron chi connectivity index (χ4n) is 3.56. The summed E-state index contributed by atoms with van der Waals surface area (Å²) in [7, 11) is 0. The fraction of sp³-hybridized carbons (Fsp3) is 0.381. The van der Waals surface area contributed by atoms with Crippen LogP contribution in [0.5, 0.6) is 0 Å². The molecule has 1 amide bonds. The Hall–Kier alpha value is -2.29. The van der Waals surface area contributed by atoms with E-state index in [9.17, 15) is 4.79 Å². The SMILES string of the molecule is CCN(CC)c1ccc(C(=O)N[C@H]2CCCc3ccccc32)cc1. The summed E-state index contributed by atoms with van der Waals surface area (Å²) in [5, 5.41) is 3.22. The Labute approximate surface area is 144 Å². The molecule has 1 atom stereocenters. The van der Waals surface area contributed by atoms with E-state index in [0.717, 1.165) is 37.9 Å². The highest BCUT2D eigenvalue weighted by Gasteiger charge is 2.21. The minimum atomic E-state index is 0.0165. The number of anilines is 1. The van der Waals surface area contributed by atoms with E-state index in [2.05, 4.69) is 48.3 Å². The number of carbonyl (C=O) groups is 1. The highest BCUT2D eigenvalue weighted by atomic mass is 16.1. The summed E-state index contributed by atoms with van der Waals surface area (Å²) in [4.78, 5) is 14.9. The van der Waals surface area contributed by atoms with Crippen LogP contribution < -0.4 is 10.2 Å². The molecule has 1 aliphatic rings. The third-order valence-corrected chi connectivity index (χ3v) is 4.93. The Bertz CT molecular complexity index is 689. The highest BCUT2D eigenvalue weighted by Crippen LogP contribution is 2.29. The van der Waals surface area contributed by atoms with Crippen molar-refractivity contribution in [1.29, 1.82) is 0 Å². The van der Waals surface area contributed by atoms with Gasteiger partial charge in [-0.1, -0.05) is 24.3 Å². The molecule has 0 fully saturated rings. The second kappa shape index (κ2) is 7.52. The number of rotatable bonds is 5. The van der Waals surface area contributed by atoms with E-state index in [1.165, 1.54) is 16.8 Å². The molecule has 0 heterocycles. The lowest BCUT2D eigenvalue weighted by molar-refractivity contribution is 0.0933. The number of fused-ring (bicyclic) bond motifs is 1. The predicted molar refractivity (Wildman–Crippen MR) is 99.6 cm³/mol. The molecule has 1 N–H and O–H groups in total. The van der Waals surface area contributed by atoms with Crippen molar-refractivity contribution in [3.05, 3.63) is 65.2 Å². The van der Waals surface area contributed by atoms with E-state index in [4.69, 9.17) is 0 Å². The monoisotopic (exact) mass is 322 g/mol. The maximum absolute atomic E-state index is 12.6. The molecule has 1 aliphatic carbocycles. The lowest BCUT2D eigenvalue weighted by atomic mass is 9.87. The Kier molecular flexibility index (Phi) is 5.19. The molecule has 3 nitrogen and oxygen atoms in total. The molecule has 0 unspecified atom stereocenters. The van der Waals surface area contributed by atoms with Crippen LogP contribution in [0.1, 0.15) is 54.2 Å². The van der Waals surface area contributed by atoms with Crippen molar-refractivity contribution >= 4 is 11.6 Å². The van der Waals surface area contributed by atoms with Gasteiger partial charge in [0.1, 0.15) is 0 Å². The molecule has 2 aromatic rings. The first-order valence-corrected chi connectivity index (χ1v) is 8.96. The zero-order valence-corrected chi connectivity index (χ0v) is 14.6. The quantitative estimate of drug-likeness (QED) is 0.888. The molecule has 0 radical (unpaired) electrons. The van der Waals surface area contributed by atoms with Crippen LogP contribution in [-0.2, 0) is 6.42 Å². The van der Waals surface area contributed by atoms with Crippen molar-refractivity contribution in [3.8, 4) is 0 Å². The largest absolute Gasteiger partial charge is 0.372 e. The smallest absolute Gasteiger partial charge is 0.251 e. The number of amides is 1. The van der Waals surface area contributed by atoms with Gasteiger partial charge in [0.25, 0.3) is 5.91 Å². The zero-order valence-electron chi connectivity index (χ0n) is 14.6. The summed E-state index contributed by atoms with van der Waals surface area (Å²) in [5.41, 5.74) is 4.54. The second-order valence-corrected chi connectivity index (χ2v) is 6.34. The molecular formula is C21H26N2O. The number of benzene rings is 2. The molecule has 0 aliphatic heterocycles. The van der Waals surface area contributed by atoms with Gasteiger partial charge in [0, 0.05) is 24.3 Å². The summed E-state index contributed by atoms with van der Waals surface area (Å²) >= 11 is 0. The van der Waals surface area contributed by atoms with Gasteiger partial charge >= 0.3 is 0 Å². The molecular weight excluding hydrogens is 296 g/mol. The van der Waals surface area contributed by atoms with Crippen LogP contribution in [-0.4, -0.2) is 19.0 Å². The number of aryl methyl sites for hydroxylation is 1. The second-order valence-electron chi connectivity index (χ2n) is 6.34. The Morgan fingerprint density at radius 1 is 1.08 bits per heavy atom.